The van der Waals surface area contributed by atoms with Crippen LogP contribution in [0.1, 0.15) is 33.6 Å². The number of hydrogen-bond donors (Lipinski definition) is 0. The zero-order chi connectivity index (χ0) is 22.4. The van der Waals surface area contributed by atoms with Crippen molar-refractivity contribution in [3.05, 3.63) is 53.6 Å². The topological polar surface area (TPSA) is 65.1 Å². The van der Waals surface area contributed by atoms with Crippen molar-refractivity contribution in [1.29, 1.82) is 0 Å². The predicted octanol–water partition coefficient (Wildman–Crippen LogP) is 5.65. The summed E-state index contributed by atoms with van der Waals surface area (Å²) >= 11 is 5.92. The number of benzene rings is 2. The fourth-order valence-electron chi connectivity index (χ4n) is 3.69. The SMILES string of the molecule is CCOC(=O)CN1C(C(C)C)CCCOP1(=O)c1ccc(Oc2ccc(Cl)cc2)cc1. The molecular weight excluding hydrogens is 437 g/mol. The van der Waals surface area contributed by atoms with E-state index in [1.54, 1.807) is 60.1 Å². The number of esters is 1. The van der Waals surface area contributed by atoms with Gasteiger partial charge in [-0.05, 0) is 74.2 Å². The summed E-state index contributed by atoms with van der Waals surface area (Å²) in [5.41, 5.74) is 0. The lowest BCUT2D eigenvalue weighted by Crippen LogP contribution is -2.42. The summed E-state index contributed by atoms with van der Waals surface area (Å²) < 4.78 is 32.8. The normalized spacial score (nSPS) is 22.2. The highest BCUT2D eigenvalue weighted by Gasteiger charge is 2.43. The molecular formula is C23H29ClNO5P. The highest BCUT2D eigenvalue weighted by Crippen LogP contribution is 2.54. The van der Waals surface area contributed by atoms with Gasteiger partial charge in [-0.15, -0.1) is 0 Å². The van der Waals surface area contributed by atoms with Gasteiger partial charge in [0, 0.05) is 11.1 Å². The van der Waals surface area contributed by atoms with E-state index < -0.39 is 13.5 Å². The molecule has 1 aliphatic heterocycles. The van der Waals surface area contributed by atoms with Crippen LogP contribution < -0.4 is 10.0 Å². The van der Waals surface area contributed by atoms with Crippen LogP contribution in [0.15, 0.2) is 48.5 Å². The molecule has 2 atom stereocenters. The van der Waals surface area contributed by atoms with E-state index in [0.717, 1.165) is 12.8 Å². The lowest BCUT2D eigenvalue weighted by atomic mass is 9.99. The summed E-state index contributed by atoms with van der Waals surface area (Å²) in [7, 11) is -3.46. The van der Waals surface area contributed by atoms with E-state index in [1.165, 1.54) is 0 Å². The molecule has 0 bridgehead atoms. The van der Waals surface area contributed by atoms with Gasteiger partial charge >= 0.3 is 13.5 Å². The van der Waals surface area contributed by atoms with Crippen LogP contribution in [0.2, 0.25) is 5.02 Å². The number of halogens is 1. The maximum atomic E-state index is 14.2. The monoisotopic (exact) mass is 465 g/mol. The zero-order valence-corrected chi connectivity index (χ0v) is 19.8. The van der Waals surface area contributed by atoms with Crippen molar-refractivity contribution < 1.29 is 23.4 Å². The first kappa shape index (κ1) is 23.8. The highest BCUT2D eigenvalue weighted by molar-refractivity contribution is 7.64. The number of carbonyl (C=O) groups excluding carboxylic acids is 1. The molecule has 0 spiro atoms. The van der Waals surface area contributed by atoms with Gasteiger partial charge in [0.05, 0.1) is 18.5 Å². The molecule has 1 saturated heterocycles. The molecule has 0 aromatic heterocycles. The van der Waals surface area contributed by atoms with Crippen molar-refractivity contribution in [3.8, 4) is 11.5 Å². The maximum absolute atomic E-state index is 14.2. The van der Waals surface area contributed by atoms with E-state index in [-0.39, 0.29) is 25.1 Å². The summed E-state index contributed by atoms with van der Waals surface area (Å²) in [4.78, 5) is 12.3. The largest absolute Gasteiger partial charge is 0.465 e. The van der Waals surface area contributed by atoms with E-state index in [1.807, 2.05) is 0 Å². The van der Waals surface area contributed by atoms with Crippen molar-refractivity contribution >= 4 is 30.4 Å². The number of nitrogens with zero attached hydrogens (tertiary/aromatic N) is 1. The summed E-state index contributed by atoms with van der Waals surface area (Å²) in [5.74, 6) is 1.06. The number of ether oxygens (including phenoxy) is 2. The fraction of sp³-hybridized carbons (Fsp3) is 0.435. The molecule has 0 radical (unpaired) electrons. The van der Waals surface area contributed by atoms with Gasteiger partial charge < -0.3 is 14.0 Å². The van der Waals surface area contributed by atoms with Crippen LogP contribution in [0.4, 0.5) is 0 Å². The van der Waals surface area contributed by atoms with Gasteiger partial charge in [-0.3, -0.25) is 9.36 Å². The lowest BCUT2D eigenvalue weighted by Gasteiger charge is -2.36. The van der Waals surface area contributed by atoms with Crippen LogP contribution >= 0.6 is 19.1 Å². The van der Waals surface area contributed by atoms with Crippen LogP contribution in [-0.2, 0) is 18.6 Å². The quantitative estimate of drug-likeness (QED) is 0.389. The minimum absolute atomic E-state index is 0.0530. The number of hydrogen-bond acceptors (Lipinski definition) is 5. The molecule has 2 aromatic rings. The second-order valence-electron chi connectivity index (χ2n) is 7.76. The second kappa shape index (κ2) is 10.6. The minimum Gasteiger partial charge on any atom is -0.465 e. The molecule has 1 aliphatic rings. The van der Waals surface area contributed by atoms with Gasteiger partial charge in [0.15, 0.2) is 0 Å². The summed E-state index contributed by atoms with van der Waals surface area (Å²) in [6.45, 7) is 6.49. The van der Waals surface area contributed by atoms with E-state index >= 15 is 0 Å². The van der Waals surface area contributed by atoms with Crippen molar-refractivity contribution in [3.63, 3.8) is 0 Å². The Bertz CT molecular complexity index is 917. The Labute approximate surface area is 188 Å². The molecule has 1 heterocycles. The summed E-state index contributed by atoms with van der Waals surface area (Å²) in [6.07, 6.45) is 1.59. The highest BCUT2D eigenvalue weighted by atomic mass is 35.5. The van der Waals surface area contributed by atoms with Gasteiger partial charge in [0.1, 0.15) is 18.0 Å². The maximum Gasteiger partial charge on any atom is 0.320 e. The Morgan fingerprint density at radius 1 is 1.16 bits per heavy atom. The molecule has 0 amide bonds. The third-order valence-electron chi connectivity index (χ3n) is 5.21. The summed E-state index contributed by atoms with van der Waals surface area (Å²) in [6, 6.07) is 14.0. The van der Waals surface area contributed by atoms with Crippen LogP contribution in [0.3, 0.4) is 0 Å². The molecule has 2 aromatic carbocycles. The summed E-state index contributed by atoms with van der Waals surface area (Å²) in [5, 5.41) is 1.17. The average Bonchev–Trinajstić information content (AvgIpc) is 2.90. The third kappa shape index (κ3) is 5.89. The van der Waals surface area contributed by atoms with E-state index in [9.17, 15) is 9.36 Å². The number of rotatable bonds is 7. The first-order valence-electron chi connectivity index (χ1n) is 10.5. The molecule has 8 heteroatoms. The van der Waals surface area contributed by atoms with Crippen molar-refractivity contribution in [2.75, 3.05) is 19.8 Å². The first-order chi connectivity index (χ1) is 14.8. The smallest absolute Gasteiger partial charge is 0.320 e. The second-order valence-corrected chi connectivity index (χ2v) is 10.5. The third-order valence-corrected chi connectivity index (χ3v) is 8.06. The van der Waals surface area contributed by atoms with E-state index in [2.05, 4.69) is 13.8 Å². The average molecular weight is 466 g/mol. The minimum atomic E-state index is -3.46. The van der Waals surface area contributed by atoms with Gasteiger partial charge in [-0.2, -0.15) is 0 Å². The van der Waals surface area contributed by atoms with E-state index in [0.29, 0.717) is 28.4 Å². The predicted molar refractivity (Wildman–Crippen MR) is 122 cm³/mol. The number of carbonyl (C=O) groups is 1. The molecule has 3 rings (SSSR count). The fourth-order valence-corrected chi connectivity index (χ4v) is 6.39. The molecule has 0 saturated carbocycles. The molecule has 31 heavy (non-hydrogen) atoms. The first-order valence-corrected chi connectivity index (χ1v) is 12.5. The van der Waals surface area contributed by atoms with Crippen LogP contribution in [0.25, 0.3) is 0 Å². The van der Waals surface area contributed by atoms with Gasteiger partial charge in [-0.25, -0.2) is 4.67 Å². The van der Waals surface area contributed by atoms with E-state index in [4.69, 9.17) is 25.6 Å². The molecule has 6 nitrogen and oxygen atoms in total. The molecule has 2 unspecified atom stereocenters. The Morgan fingerprint density at radius 3 is 2.35 bits per heavy atom. The van der Waals surface area contributed by atoms with Crippen LogP contribution in [0.5, 0.6) is 11.5 Å². The lowest BCUT2D eigenvalue weighted by molar-refractivity contribution is -0.143. The van der Waals surface area contributed by atoms with Crippen LogP contribution in [0, 0.1) is 5.92 Å². The van der Waals surface area contributed by atoms with Gasteiger partial charge in [0.2, 0.25) is 0 Å². The molecule has 0 N–H and O–H groups in total. The Morgan fingerprint density at radius 2 is 1.77 bits per heavy atom. The van der Waals surface area contributed by atoms with Crippen LogP contribution in [-0.4, -0.2) is 36.4 Å². The van der Waals surface area contributed by atoms with Crippen molar-refractivity contribution in [1.82, 2.24) is 4.67 Å². The van der Waals surface area contributed by atoms with Gasteiger partial charge in [-0.1, -0.05) is 25.4 Å². The van der Waals surface area contributed by atoms with Crippen molar-refractivity contribution in [2.24, 2.45) is 5.92 Å². The standard InChI is InChI=1S/C23H29ClNO5P/c1-4-28-23(26)16-25-22(17(2)3)6-5-15-29-31(25,27)21-13-11-20(12-14-21)30-19-9-7-18(24)8-10-19/h7-14,17,22H,4-6,15-16H2,1-3H3. The Balaban J connectivity index is 1.89. The zero-order valence-electron chi connectivity index (χ0n) is 18.1. The molecule has 1 fully saturated rings. The van der Waals surface area contributed by atoms with Crippen molar-refractivity contribution in [2.45, 2.75) is 39.7 Å². The molecule has 168 valence electrons. The Hall–Kier alpha value is -1.85. The van der Waals surface area contributed by atoms with Gasteiger partial charge in [0.25, 0.3) is 0 Å². The Kier molecular flexibility index (Phi) is 8.17. The molecule has 0 aliphatic carbocycles.